The average Bonchev–Trinajstić information content (AvgIpc) is 3.17. The summed E-state index contributed by atoms with van der Waals surface area (Å²) in [4.78, 5) is 17.0. The van der Waals surface area contributed by atoms with Crippen LogP contribution >= 0.6 is 0 Å². The molecule has 144 valence electrons. The number of furan rings is 1. The number of para-hydroxylation sites is 1. The molecule has 0 spiro atoms. The molecule has 1 aromatic heterocycles. The average molecular weight is 369 g/mol. The molecule has 0 radical (unpaired) electrons. The highest BCUT2D eigenvalue weighted by Gasteiger charge is 2.17. The second kappa shape index (κ2) is 8.59. The van der Waals surface area contributed by atoms with E-state index in [1.165, 1.54) is 11.3 Å². The number of fused-ring (bicyclic) bond motifs is 1. The number of hydrogen-bond donors (Lipinski definition) is 1. The van der Waals surface area contributed by atoms with E-state index in [0.717, 1.165) is 64.5 Å². The molecule has 2 aromatic rings. The van der Waals surface area contributed by atoms with Gasteiger partial charge in [0, 0.05) is 38.4 Å². The first-order valence-corrected chi connectivity index (χ1v) is 9.78. The van der Waals surface area contributed by atoms with Crippen LogP contribution in [0.1, 0.15) is 28.1 Å². The van der Waals surface area contributed by atoms with E-state index in [0.29, 0.717) is 12.1 Å². The third-order valence-electron chi connectivity index (χ3n) is 5.27. The zero-order chi connectivity index (χ0) is 18.5. The Labute approximate surface area is 160 Å². The molecule has 0 saturated carbocycles. The fourth-order valence-electron chi connectivity index (χ4n) is 3.81. The Morgan fingerprint density at radius 1 is 1.15 bits per heavy atom. The molecule has 4 rings (SSSR count). The largest absolute Gasteiger partial charge is 0.467 e. The molecule has 3 heterocycles. The van der Waals surface area contributed by atoms with Crippen molar-refractivity contribution in [2.24, 2.45) is 0 Å². The maximum atomic E-state index is 12.4. The van der Waals surface area contributed by atoms with Crippen molar-refractivity contribution < 1.29 is 13.9 Å². The number of nitrogens with zero attached hydrogens (tertiary/aromatic N) is 2. The quantitative estimate of drug-likeness (QED) is 0.847. The van der Waals surface area contributed by atoms with Crippen molar-refractivity contribution in [3.8, 4) is 0 Å². The number of ether oxygens (including phenoxy) is 1. The molecule has 2 aliphatic heterocycles. The number of nitrogens with one attached hydrogen (secondary N) is 1. The lowest BCUT2D eigenvalue weighted by atomic mass is 10.0. The molecule has 0 bridgehead atoms. The maximum Gasteiger partial charge on any atom is 0.254 e. The number of carbonyl (C=O) groups is 1. The number of carbonyl (C=O) groups excluding carboxylic acids is 1. The second-order valence-corrected chi connectivity index (χ2v) is 7.17. The van der Waals surface area contributed by atoms with Gasteiger partial charge >= 0.3 is 0 Å². The van der Waals surface area contributed by atoms with Crippen LogP contribution in [0.5, 0.6) is 0 Å². The molecule has 1 N–H and O–H groups in total. The number of morpholine rings is 1. The number of hydrogen-bond acceptors (Lipinski definition) is 5. The lowest BCUT2D eigenvalue weighted by molar-refractivity contribution is 0.0313. The summed E-state index contributed by atoms with van der Waals surface area (Å²) in [5.74, 6) is 0.754. The van der Waals surface area contributed by atoms with Gasteiger partial charge in [-0.15, -0.1) is 0 Å². The normalized spacial score (nSPS) is 17.6. The molecule has 1 saturated heterocycles. The predicted molar refractivity (Wildman–Crippen MR) is 104 cm³/mol. The number of benzene rings is 1. The van der Waals surface area contributed by atoms with Gasteiger partial charge in [-0.3, -0.25) is 9.69 Å². The number of anilines is 1. The summed E-state index contributed by atoms with van der Waals surface area (Å²) in [6, 6.07) is 10.4. The molecule has 1 fully saturated rings. The Balaban J connectivity index is 1.26. The molecule has 1 aromatic carbocycles. The molecule has 0 atom stereocenters. The van der Waals surface area contributed by atoms with Gasteiger partial charge in [-0.05, 0) is 30.5 Å². The first-order valence-electron chi connectivity index (χ1n) is 9.78. The van der Waals surface area contributed by atoms with Gasteiger partial charge in [-0.2, -0.15) is 0 Å². The zero-order valence-corrected chi connectivity index (χ0v) is 15.7. The summed E-state index contributed by atoms with van der Waals surface area (Å²) in [6.45, 7) is 6.53. The Morgan fingerprint density at radius 2 is 2.00 bits per heavy atom. The highest BCUT2D eigenvalue weighted by Crippen LogP contribution is 2.26. The van der Waals surface area contributed by atoms with Gasteiger partial charge in [-0.25, -0.2) is 0 Å². The van der Waals surface area contributed by atoms with Gasteiger partial charge in [-0.1, -0.05) is 18.2 Å². The van der Waals surface area contributed by atoms with Gasteiger partial charge in [0.25, 0.3) is 5.91 Å². The summed E-state index contributed by atoms with van der Waals surface area (Å²) in [5, 5.41) is 3.02. The molecule has 0 unspecified atom stereocenters. The van der Waals surface area contributed by atoms with E-state index in [1.807, 2.05) is 6.07 Å². The summed E-state index contributed by atoms with van der Waals surface area (Å²) in [6.07, 6.45) is 3.86. The van der Waals surface area contributed by atoms with Crippen LogP contribution in [-0.2, 0) is 17.7 Å². The molecule has 1 amide bonds. The Hall–Kier alpha value is -2.31. The number of rotatable bonds is 6. The minimum atomic E-state index is -0.0720. The van der Waals surface area contributed by atoms with Crippen molar-refractivity contribution >= 4 is 11.6 Å². The maximum absolute atomic E-state index is 12.4. The Bertz CT molecular complexity index is 768. The third kappa shape index (κ3) is 4.51. The fourth-order valence-corrected chi connectivity index (χ4v) is 3.81. The lowest BCUT2D eigenvalue weighted by Gasteiger charge is -2.31. The third-order valence-corrected chi connectivity index (χ3v) is 5.27. The highest BCUT2D eigenvalue weighted by atomic mass is 16.5. The van der Waals surface area contributed by atoms with Gasteiger partial charge < -0.3 is 19.4 Å². The molecule has 6 nitrogen and oxygen atoms in total. The first kappa shape index (κ1) is 18.1. The number of aryl methyl sites for hydroxylation is 1. The van der Waals surface area contributed by atoms with E-state index in [9.17, 15) is 4.79 Å². The predicted octanol–water partition coefficient (Wildman–Crippen LogP) is 2.29. The zero-order valence-electron chi connectivity index (χ0n) is 15.7. The van der Waals surface area contributed by atoms with Crippen LogP contribution in [-0.4, -0.2) is 56.7 Å². The van der Waals surface area contributed by atoms with Crippen molar-refractivity contribution in [1.82, 2.24) is 10.2 Å². The van der Waals surface area contributed by atoms with Gasteiger partial charge in [0.1, 0.15) is 12.0 Å². The van der Waals surface area contributed by atoms with Gasteiger partial charge in [0.15, 0.2) is 0 Å². The smallest absolute Gasteiger partial charge is 0.254 e. The summed E-state index contributed by atoms with van der Waals surface area (Å²) in [7, 11) is 0. The van der Waals surface area contributed by atoms with Crippen LogP contribution in [0.15, 0.2) is 41.0 Å². The lowest BCUT2D eigenvalue weighted by Crippen LogP contribution is -2.37. The van der Waals surface area contributed by atoms with Gasteiger partial charge in [0.2, 0.25) is 0 Å². The van der Waals surface area contributed by atoms with Crippen LogP contribution in [0.4, 0.5) is 5.69 Å². The molecule has 6 heteroatoms. The molecular weight excluding hydrogens is 342 g/mol. The summed E-state index contributed by atoms with van der Waals surface area (Å²) >= 11 is 0. The van der Waals surface area contributed by atoms with E-state index in [4.69, 9.17) is 9.15 Å². The van der Waals surface area contributed by atoms with Crippen molar-refractivity contribution in [2.45, 2.75) is 19.4 Å². The number of amides is 1. The molecule has 27 heavy (non-hydrogen) atoms. The SMILES string of the molecule is O=C(NCCN1CCCc2ccccc21)c1coc(CN2CCOCC2)c1. The minimum Gasteiger partial charge on any atom is -0.467 e. The van der Waals surface area contributed by atoms with Crippen molar-refractivity contribution in [3.63, 3.8) is 0 Å². The van der Waals surface area contributed by atoms with Crippen molar-refractivity contribution in [3.05, 3.63) is 53.5 Å². The highest BCUT2D eigenvalue weighted by molar-refractivity contribution is 5.94. The summed E-state index contributed by atoms with van der Waals surface area (Å²) < 4.78 is 10.9. The van der Waals surface area contributed by atoms with E-state index in [1.54, 1.807) is 6.26 Å². The summed E-state index contributed by atoms with van der Waals surface area (Å²) in [5.41, 5.74) is 3.30. The second-order valence-electron chi connectivity index (χ2n) is 7.17. The van der Waals surface area contributed by atoms with Crippen LogP contribution < -0.4 is 10.2 Å². The van der Waals surface area contributed by atoms with Crippen LogP contribution in [0.25, 0.3) is 0 Å². The molecular formula is C21H27N3O3. The van der Waals surface area contributed by atoms with E-state index >= 15 is 0 Å². The van der Waals surface area contributed by atoms with Crippen molar-refractivity contribution in [1.29, 1.82) is 0 Å². The van der Waals surface area contributed by atoms with E-state index in [2.05, 4.69) is 39.4 Å². The first-order chi connectivity index (χ1) is 13.3. The van der Waals surface area contributed by atoms with E-state index < -0.39 is 0 Å². The van der Waals surface area contributed by atoms with Crippen LogP contribution in [0.3, 0.4) is 0 Å². The molecule has 0 aliphatic carbocycles. The van der Waals surface area contributed by atoms with E-state index in [-0.39, 0.29) is 5.91 Å². The van der Waals surface area contributed by atoms with Gasteiger partial charge in [0.05, 0.1) is 25.3 Å². The topological polar surface area (TPSA) is 58.0 Å². The molecule has 2 aliphatic rings. The monoisotopic (exact) mass is 369 g/mol. The minimum absolute atomic E-state index is 0.0720. The van der Waals surface area contributed by atoms with Crippen LogP contribution in [0.2, 0.25) is 0 Å². The Kier molecular flexibility index (Phi) is 5.75. The fraction of sp³-hybridized carbons (Fsp3) is 0.476. The Morgan fingerprint density at radius 3 is 2.89 bits per heavy atom. The van der Waals surface area contributed by atoms with Crippen molar-refractivity contribution in [2.75, 3.05) is 50.8 Å². The van der Waals surface area contributed by atoms with Crippen LogP contribution in [0, 0.1) is 0 Å². The standard InChI is InChI=1S/C21H27N3O3/c25-21(18-14-19(27-16-18)15-23-10-12-26-13-11-23)22-7-9-24-8-3-5-17-4-1-2-6-20(17)24/h1-2,4,6,14,16H,3,5,7-13,15H2,(H,22,25).